The molecule has 5 heteroatoms. The summed E-state index contributed by atoms with van der Waals surface area (Å²) in [6.45, 7) is 0.483. The van der Waals surface area contributed by atoms with E-state index in [0.29, 0.717) is 17.3 Å². The number of nitrogens with zero attached hydrogens (tertiary/aromatic N) is 1. The van der Waals surface area contributed by atoms with Crippen molar-refractivity contribution in [3.05, 3.63) is 71.5 Å². The molecule has 2 aromatic carbocycles. The minimum absolute atomic E-state index is 0.338. The molecule has 0 bridgehead atoms. The number of rotatable bonds is 4. The lowest BCUT2D eigenvalue weighted by Crippen LogP contribution is -2.00. The fraction of sp³-hybridized carbons (Fsp3) is 0.0625. The summed E-state index contributed by atoms with van der Waals surface area (Å²) in [6, 6.07) is 12.2. The Labute approximate surface area is 126 Å². The van der Waals surface area contributed by atoms with Crippen LogP contribution in [-0.2, 0) is 6.54 Å². The van der Waals surface area contributed by atoms with Gasteiger partial charge in [-0.15, -0.1) is 0 Å². The van der Waals surface area contributed by atoms with Crippen LogP contribution in [0.2, 0.25) is 5.02 Å². The number of hydrogen-bond donors (Lipinski definition) is 1. The molecule has 0 aliphatic heterocycles. The monoisotopic (exact) mass is 302 g/mol. The summed E-state index contributed by atoms with van der Waals surface area (Å²) in [4.78, 5) is 3.90. The zero-order chi connectivity index (χ0) is 14.7. The van der Waals surface area contributed by atoms with E-state index in [-0.39, 0.29) is 5.82 Å². The van der Waals surface area contributed by atoms with E-state index in [1.165, 1.54) is 18.5 Å². The Balaban J connectivity index is 1.75. The minimum Gasteiger partial charge on any atom is -0.444 e. The molecule has 1 N–H and O–H groups in total. The largest absolute Gasteiger partial charge is 0.444 e. The first kappa shape index (κ1) is 13.6. The number of halogens is 2. The van der Waals surface area contributed by atoms with Crippen LogP contribution < -0.4 is 5.32 Å². The van der Waals surface area contributed by atoms with Crippen LogP contribution in [0.3, 0.4) is 0 Å². The molecule has 1 aromatic heterocycles. The lowest BCUT2D eigenvalue weighted by atomic mass is 10.1. The van der Waals surface area contributed by atoms with Gasteiger partial charge < -0.3 is 9.73 Å². The molecule has 0 aliphatic carbocycles. The number of anilines is 1. The third-order valence-corrected chi connectivity index (χ3v) is 3.22. The van der Waals surface area contributed by atoms with E-state index in [9.17, 15) is 4.39 Å². The molecular formula is C16H12ClFN2O. The molecule has 0 amide bonds. The second kappa shape index (κ2) is 5.97. The van der Waals surface area contributed by atoms with Gasteiger partial charge in [-0.2, -0.15) is 0 Å². The summed E-state index contributed by atoms with van der Waals surface area (Å²) >= 11 is 5.84. The summed E-state index contributed by atoms with van der Waals surface area (Å²) in [7, 11) is 0. The summed E-state index contributed by atoms with van der Waals surface area (Å²) in [6.07, 6.45) is 3.05. The third-order valence-electron chi connectivity index (χ3n) is 3.00. The summed E-state index contributed by atoms with van der Waals surface area (Å²) in [5.74, 6) is 0.363. The molecule has 0 saturated carbocycles. The van der Waals surface area contributed by atoms with Crippen LogP contribution in [0.4, 0.5) is 10.1 Å². The van der Waals surface area contributed by atoms with Crippen LogP contribution in [0.5, 0.6) is 0 Å². The van der Waals surface area contributed by atoms with Crippen molar-refractivity contribution in [3.63, 3.8) is 0 Å². The molecule has 0 atom stereocenters. The Hall–Kier alpha value is -2.33. The van der Waals surface area contributed by atoms with Gasteiger partial charge in [0.1, 0.15) is 5.82 Å². The molecule has 0 unspecified atom stereocenters. The number of benzene rings is 2. The van der Waals surface area contributed by atoms with Gasteiger partial charge in [0.05, 0.1) is 6.20 Å². The smallest absolute Gasteiger partial charge is 0.181 e. The maximum absolute atomic E-state index is 13.3. The molecule has 3 nitrogen and oxygen atoms in total. The Morgan fingerprint density at radius 3 is 2.86 bits per heavy atom. The zero-order valence-electron chi connectivity index (χ0n) is 11.0. The predicted octanol–water partition coefficient (Wildman–Crippen LogP) is 4.75. The third kappa shape index (κ3) is 3.41. The van der Waals surface area contributed by atoms with Gasteiger partial charge in [0.15, 0.2) is 12.2 Å². The normalized spacial score (nSPS) is 10.6. The Bertz CT molecular complexity index is 724. The lowest BCUT2D eigenvalue weighted by molar-refractivity contribution is 0.572. The summed E-state index contributed by atoms with van der Waals surface area (Å²) < 4.78 is 18.5. The van der Waals surface area contributed by atoms with E-state index >= 15 is 0 Å². The molecule has 3 rings (SSSR count). The quantitative estimate of drug-likeness (QED) is 0.756. The SMILES string of the molecule is Fc1cc(Cl)cc(CNc2cccc(-c3cnco3)c2)c1. The average Bonchev–Trinajstić information content (AvgIpc) is 2.99. The topological polar surface area (TPSA) is 38.1 Å². The van der Waals surface area contributed by atoms with Crippen LogP contribution in [0, 0.1) is 5.82 Å². The number of aromatic nitrogens is 1. The number of nitrogens with one attached hydrogen (secondary N) is 1. The lowest BCUT2D eigenvalue weighted by Gasteiger charge is -2.08. The van der Waals surface area contributed by atoms with Crippen molar-refractivity contribution in [3.8, 4) is 11.3 Å². The van der Waals surface area contributed by atoms with Crippen molar-refractivity contribution < 1.29 is 8.81 Å². The Morgan fingerprint density at radius 2 is 2.10 bits per heavy atom. The van der Waals surface area contributed by atoms with Crippen molar-refractivity contribution in [2.45, 2.75) is 6.54 Å². The van der Waals surface area contributed by atoms with Crippen LogP contribution in [-0.4, -0.2) is 4.98 Å². The average molecular weight is 303 g/mol. The molecular weight excluding hydrogens is 291 g/mol. The fourth-order valence-electron chi connectivity index (χ4n) is 2.06. The van der Waals surface area contributed by atoms with E-state index in [2.05, 4.69) is 10.3 Å². The summed E-state index contributed by atoms with van der Waals surface area (Å²) in [5, 5.41) is 3.62. The molecule has 0 radical (unpaired) electrons. The van der Waals surface area contributed by atoms with E-state index in [0.717, 1.165) is 16.8 Å². The van der Waals surface area contributed by atoms with Gasteiger partial charge in [0.25, 0.3) is 0 Å². The van der Waals surface area contributed by atoms with Gasteiger partial charge in [-0.1, -0.05) is 23.7 Å². The van der Waals surface area contributed by atoms with Crippen LogP contribution >= 0.6 is 11.6 Å². The molecule has 0 saturated heterocycles. The van der Waals surface area contributed by atoms with E-state index in [1.807, 2.05) is 24.3 Å². The highest BCUT2D eigenvalue weighted by Crippen LogP contribution is 2.22. The van der Waals surface area contributed by atoms with Gasteiger partial charge in [-0.25, -0.2) is 9.37 Å². The van der Waals surface area contributed by atoms with Crippen LogP contribution in [0.15, 0.2) is 59.5 Å². The molecule has 0 fully saturated rings. The fourth-order valence-corrected chi connectivity index (χ4v) is 2.30. The van der Waals surface area contributed by atoms with Gasteiger partial charge in [0, 0.05) is 22.8 Å². The zero-order valence-corrected chi connectivity index (χ0v) is 11.8. The van der Waals surface area contributed by atoms with Crippen molar-refractivity contribution in [2.75, 3.05) is 5.32 Å². The molecule has 0 spiro atoms. The predicted molar refractivity (Wildman–Crippen MR) is 80.7 cm³/mol. The van der Waals surface area contributed by atoms with E-state index < -0.39 is 0 Å². The first-order valence-corrected chi connectivity index (χ1v) is 6.76. The molecule has 3 aromatic rings. The number of hydrogen-bond acceptors (Lipinski definition) is 3. The first-order chi connectivity index (χ1) is 10.2. The van der Waals surface area contributed by atoms with Gasteiger partial charge in [0.2, 0.25) is 0 Å². The molecule has 106 valence electrons. The second-order valence-corrected chi connectivity index (χ2v) is 5.01. The first-order valence-electron chi connectivity index (χ1n) is 6.38. The maximum atomic E-state index is 13.3. The molecule has 1 heterocycles. The van der Waals surface area contributed by atoms with Crippen molar-refractivity contribution in [2.24, 2.45) is 0 Å². The van der Waals surface area contributed by atoms with Gasteiger partial charge >= 0.3 is 0 Å². The van der Waals surface area contributed by atoms with Crippen LogP contribution in [0.1, 0.15) is 5.56 Å². The molecule has 21 heavy (non-hydrogen) atoms. The van der Waals surface area contributed by atoms with Crippen molar-refractivity contribution in [1.82, 2.24) is 4.98 Å². The van der Waals surface area contributed by atoms with Gasteiger partial charge in [-0.05, 0) is 35.9 Å². The summed E-state index contributed by atoms with van der Waals surface area (Å²) in [5.41, 5.74) is 2.61. The van der Waals surface area contributed by atoms with E-state index in [4.69, 9.17) is 16.0 Å². The highest BCUT2D eigenvalue weighted by atomic mass is 35.5. The minimum atomic E-state index is -0.338. The van der Waals surface area contributed by atoms with Crippen LogP contribution in [0.25, 0.3) is 11.3 Å². The highest BCUT2D eigenvalue weighted by Gasteiger charge is 2.03. The Kier molecular flexibility index (Phi) is 3.88. The second-order valence-electron chi connectivity index (χ2n) is 4.58. The van der Waals surface area contributed by atoms with E-state index in [1.54, 1.807) is 12.3 Å². The number of oxazole rings is 1. The highest BCUT2D eigenvalue weighted by molar-refractivity contribution is 6.30. The molecule has 0 aliphatic rings. The van der Waals surface area contributed by atoms with Crippen molar-refractivity contribution >= 4 is 17.3 Å². The Morgan fingerprint density at radius 1 is 1.19 bits per heavy atom. The van der Waals surface area contributed by atoms with Crippen molar-refractivity contribution in [1.29, 1.82) is 0 Å². The standard InChI is InChI=1S/C16H12ClFN2O/c17-13-4-11(5-14(18)7-13)8-20-15-3-1-2-12(6-15)16-9-19-10-21-16/h1-7,9-10,20H,8H2. The van der Waals surface area contributed by atoms with Gasteiger partial charge in [-0.3, -0.25) is 0 Å². The maximum Gasteiger partial charge on any atom is 0.181 e.